The lowest BCUT2D eigenvalue weighted by atomic mass is 9.88. The summed E-state index contributed by atoms with van der Waals surface area (Å²) in [4.78, 5) is 24.6. The lowest BCUT2D eigenvalue weighted by Gasteiger charge is -2.38. The molecule has 0 aliphatic carbocycles. The summed E-state index contributed by atoms with van der Waals surface area (Å²) in [6, 6.07) is 9.05. The molecule has 0 bridgehead atoms. The number of carbonyl (C=O) groups excluding carboxylic acids is 1. The molecule has 1 N–H and O–H groups in total. The highest BCUT2D eigenvalue weighted by molar-refractivity contribution is 7.93. The minimum Gasteiger partial charge on any atom is -0.481 e. The third-order valence-electron chi connectivity index (χ3n) is 4.26. The maximum absolute atomic E-state index is 12.0. The van der Waals surface area contributed by atoms with Gasteiger partial charge in [0, 0.05) is 13.1 Å². The summed E-state index contributed by atoms with van der Waals surface area (Å²) < 4.78 is 28.6. The van der Waals surface area contributed by atoms with Gasteiger partial charge in [0.25, 0.3) is 0 Å². The van der Waals surface area contributed by atoms with E-state index < -0.39 is 38.3 Å². The van der Waals surface area contributed by atoms with Gasteiger partial charge in [0.2, 0.25) is 0 Å². The first-order valence-corrected chi connectivity index (χ1v) is 8.47. The van der Waals surface area contributed by atoms with Crippen molar-refractivity contribution in [3.63, 3.8) is 0 Å². The molecule has 22 heavy (non-hydrogen) atoms. The Bertz CT molecular complexity index is 716. The van der Waals surface area contributed by atoms with Crippen molar-refractivity contribution in [3.05, 3.63) is 35.9 Å². The number of carboxylic acid groups (broad SMARTS) is 1. The van der Waals surface area contributed by atoms with Crippen LogP contribution in [0, 0.1) is 5.41 Å². The van der Waals surface area contributed by atoms with Crippen LogP contribution in [-0.4, -0.2) is 54.6 Å². The molecule has 1 amide bonds. The highest BCUT2D eigenvalue weighted by Gasteiger charge is 2.68. The monoisotopic (exact) mass is 325 g/mol. The molecule has 2 aliphatic heterocycles. The van der Waals surface area contributed by atoms with Gasteiger partial charge in [-0.3, -0.25) is 4.79 Å². The van der Waals surface area contributed by atoms with Gasteiger partial charge in [0.15, 0.2) is 9.84 Å². The van der Waals surface area contributed by atoms with Crippen LogP contribution in [0.3, 0.4) is 0 Å². The molecule has 2 fully saturated rings. The number of aliphatic carboxylic acids is 1. The van der Waals surface area contributed by atoms with Crippen LogP contribution >= 0.6 is 0 Å². The number of ether oxygens (including phenoxy) is 1. The first-order valence-electron chi connectivity index (χ1n) is 6.76. The van der Waals surface area contributed by atoms with Gasteiger partial charge in [-0.1, -0.05) is 30.3 Å². The summed E-state index contributed by atoms with van der Waals surface area (Å²) in [5.41, 5.74) is -0.566. The van der Waals surface area contributed by atoms with Crippen LogP contribution in [0.5, 0.6) is 0 Å². The number of nitrogens with zero attached hydrogens (tertiary/aromatic N) is 1. The topological polar surface area (TPSA) is 101 Å². The van der Waals surface area contributed by atoms with Crippen molar-refractivity contribution in [2.45, 2.75) is 11.9 Å². The number of carboxylic acids is 1. The molecule has 2 heterocycles. The number of likely N-dealkylation sites (tertiary alicyclic amines) is 1. The van der Waals surface area contributed by atoms with Crippen molar-refractivity contribution in [2.75, 3.05) is 18.8 Å². The molecule has 2 atom stereocenters. The molecule has 2 aliphatic rings. The summed E-state index contributed by atoms with van der Waals surface area (Å²) >= 11 is 0. The van der Waals surface area contributed by atoms with Crippen LogP contribution in [0.1, 0.15) is 5.56 Å². The summed E-state index contributed by atoms with van der Waals surface area (Å²) in [5.74, 6) is -1.59. The average molecular weight is 325 g/mol. The van der Waals surface area contributed by atoms with E-state index in [2.05, 4.69) is 0 Å². The van der Waals surface area contributed by atoms with E-state index in [0.717, 1.165) is 5.56 Å². The Morgan fingerprint density at radius 2 is 2.00 bits per heavy atom. The fourth-order valence-corrected chi connectivity index (χ4v) is 5.45. The van der Waals surface area contributed by atoms with Crippen LogP contribution in [0.25, 0.3) is 0 Å². The molecule has 0 saturated carbocycles. The lowest BCUT2D eigenvalue weighted by Crippen LogP contribution is -2.61. The van der Waals surface area contributed by atoms with E-state index in [9.17, 15) is 23.1 Å². The number of hydrogen-bond acceptors (Lipinski definition) is 5. The predicted octanol–water partition coefficient (Wildman–Crippen LogP) is 0.507. The van der Waals surface area contributed by atoms with Crippen molar-refractivity contribution in [2.24, 2.45) is 5.41 Å². The maximum atomic E-state index is 12.0. The number of amides is 1. The molecule has 8 heteroatoms. The molecule has 118 valence electrons. The standard InChI is InChI=1S/C14H15NO6S/c16-12(17)14-8-15(6-11(14)22(19,20)9-14)13(18)21-7-10-4-2-1-3-5-10/h1-5,11H,6-9H2,(H,16,17). The fraction of sp³-hybridized carbons (Fsp3) is 0.429. The lowest BCUT2D eigenvalue weighted by molar-refractivity contribution is -0.147. The zero-order valence-electron chi connectivity index (χ0n) is 11.6. The Morgan fingerprint density at radius 3 is 2.55 bits per heavy atom. The molecule has 2 unspecified atom stereocenters. The Balaban J connectivity index is 1.67. The smallest absolute Gasteiger partial charge is 0.410 e. The fourth-order valence-electron chi connectivity index (χ4n) is 3.05. The number of carbonyl (C=O) groups is 2. The van der Waals surface area contributed by atoms with Gasteiger partial charge in [0.05, 0.1) is 11.0 Å². The van der Waals surface area contributed by atoms with Crippen molar-refractivity contribution in [3.8, 4) is 0 Å². The third kappa shape index (κ3) is 2.23. The molecular formula is C14H15NO6S. The van der Waals surface area contributed by atoms with Crippen molar-refractivity contribution in [1.82, 2.24) is 4.90 Å². The minimum atomic E-state index is -3.43. The number of fused-ring (bicyclic) bond motifs is 1. The minimum absolute atomic E-state index is 0.0632. The van der Waals surface area contributed by atoms with Crippen LogP contribution in [0.2, 0.25) is 0 Å². The van der Waals surface area contributed by atoms with Crippen LogP contribution in [0.4, 0.5) is 4.79 Å². The number of hydrogen-bond donors (Lipinski definition) is 1. The van der Waals surface area contributed by atoms with Crippen LogP contribution < -0.4 is 0 Å². The number of rotatable bonds is 3. The summed E-state index contributed by atoms with van der Waals surface area (Å²) in [7, 11) is -3.43. The van der Waals surface area contributed by atoms with E-state index in [1.165, 1.54) is 4.90 Å². The SMILES string of the molecule is O=C(OCc1ccccc1)N1CC2C(C(=O)O)(C1)CS2(=O)=O. The van der Waals surface area contributed by atoms with E-state index in [0.29, 0.717) is 0 Å². The third-order valence-corrected chi connectivity index (χ3v) is 6.64. The van der Waals surface area contributed by atoms with Crippen molar-refractivity contribution in [1.29, 1.82) is 0 Å². The van der Waals surface area contributed by atoms with Crippen molar-refractivity contribution < 1.29 is 27.9 Å². The number of sulfone groups is 1. The second kappa shape index (κ2) is 4.98. The highest BCUT2D eigenvalue weighted by Crippen LogP contribution is 2.46. The van der Waals surface area contributed by atoms with E-state index in [-0.39, 0.29) is 19.7 Å². The first-order chi connectivity index (χ1) is 10.3. The Hall–Kier alpha value is -2.09. The molecule has 0 radical (unpaired) electrons. The van der Waals surface area contributed by atoms with Gasteiger partial charge in [-0.25, -0.2) is 13.2 Å². The summed E-state index contributed by atoms with van der Waals surface area (Å²) in [6.07, 6.45) is -0.686. The zero-order chi connectivity index (χ0) is 16.0. The number of benzene rings is 1. The van der Waals surface area contributed by atoms with E-state index in [4.69, 9.17) is 4.74 Å². The van der Waals surface area contributed by atoms with Gasteiger partial charge >= 0.3 is 12.1 Å². The maximum Gasteiger partial charge on any atom is 0.410 e. The van der Waals surface area contributed by atoms with Gasteiger partial charge in [0.1, 0.15) is 12.0 Å². The normalized spacial score (nSPS) is 28.5. The Kier molecular flexibility index (Phi) is 3.36. The van der Waals surface area contributed by atoms with Crippen LogP contribution in [-0.2, 0) is 26.0 Å². The predicted molar refractivity (Wildman–Crippen MR) is 75.8 cm³/mol. The van der Waals surface area contributed by atoms with Gasteiger partial charge in [-0.2, -0.15) is 0 Å². The molecule has 7 nitrogen and oxygen atoms in total. The summed E-state index contributed by atoms with van der Waals surface area (Å²) in [5, 5.41) is 8.26. The highest BCUT2D eigenvalue weighted by atomic mass is 32.2. The Morgan fingerprint density at radius 1 is 1.32 bits per heavy atom. The van der Waals surface area contributed by atoms with E-state index in [1.807, 2.05) is 18.2 Å². The van der Waals surface area contributed by atoms with Gasteiger partial charge < -0.3 is 14.7 Å². The molecule has 2 saturated heterocycles. The quantitative estimate of drug-likeness (QED) is 0.869. The molecule has 1 aromatic rings. The molecular weight excluding hydrogens is 310 g/mol. The summed E-state index contributed by atoms with van der Waals surface area (Å²) in [6.45, 7) is -0.185. The average Bonchev–Trinajstić information content (AvgIpc) is 2.82. The molecule has 1 aromatic carbocycles. The zero-order valence-corrected chi connectivity index (χ0v) is 12.5. The van der Waals surface area contributed by atoms with Gasteiger partial charge in [-0.05, 0) is 5.56 Å². The second-order valence-corrected chi connectivity index (χ2v) is 7.86. The van der Waals surface area contributed by atoms with Crippen LogP contribution in [0.15, 0.2) is 30.3 Å². The largest absolute Gasteiger partial charge is 0.481 e. The van der Waals surface area contributed by atoms with Gasteiger partial charge in [-0.15, -0.1) is 0 Å². The van der Waals surface area contributed by atoms with E-state index in [1.54, 1.807) is 12.1 Å². The van der Waals surface area contributed by atoms with E-state index >= 15 is 0 Å². The van der Waals surface area contributed by atoms with Crippen molar-refractivity contribution >= 4 is 21.9 Å². The molecule has 0 spiro atoms. The molecule has 0 aromatic heterocycles. The second-order valence-electron chi connectivity index (χ2n) is 5.68. The molecule has 3 rings (SSSR count). The Labute approximate surface area is 127 Å². The first kappa shape index (κ1) is 14.8.